The highest BCUT2D eigenvalue weighted by molar-refractivity contribution is 6.31. The van der Waals surface area contributed by atoms with Gasteiger partial charge in [-0.25, -0.2) is 0 Å². The number of carbonyl (C=O) groups is 2. The van der Waals surface area contributed by atoms with Crippen LogP contribution in [0.3, 0.4) is 0 Å². The van der Waals surface area contributed by atoms with E-state index in [0.717, 1.165) is 11.1 Å². The first-order valence-corrected chi connectivity index (χ1v) is 7.82. The summed E-state index contributed by atoms with van der Waals surface area (Å²) in [5, 5.41) is 5.90. The van der Waals surface area contributed by atoms with Crippen LogP contribution < -0.4 is 15.4 Å². The van der Waals surface area contributed by atoms with Crippen molar-refractivity contribution in [2.75, 3.05) is 19.0 Å². The summed E-state index contributed by atoms with van der Waals surface area (Å²) in [4.78, 5) is 24.0. The number of hydrogen-bond acceptors (Lipinski definition) is 3. The van der Waals surface area contributed by atoms with E-state index in [9.17, 15) is 9.59 Å². The van der Waals surface area contributed by atoms with E-state index in [0.29, 0.717) is 16.5 Å². The van der Waals surface area contributed by atoms with E-state index in [1.165, 1.54) is 0 Å². The van der Waals surface area contributed by atoms with E-state index in [1.54, 1.807) is 31.4 Å². The molecule has 0 radical (unpaired) electrons. The lowest BCUT2D eigenvalue weighted by Gasteiger charge is -2.11. The number of methoxy groups -OCH3 is 1. The monoisotopic (exact) mass is 346 g/mol. The fourth-order valence-corrected chi connectivity index (χ4v) is 2.38. The van der Waals surface area contributed by atoms with E-state index >= 15 is 0 Å². The molecule has 0 aliphatic carbocycles. The third-order valence-corrected chi connectivity index (χ3v) is 3.94. The minimum absolute atomic E-state index is 0.111. The number of para-hydroxylation sites is 1. The summed E-state index contributed by atoms with van der Waals surface area (Å²) in [5.41, 5.74) is 2.18. The molecule has 2 N–H and O–H groups in total. The maximum atomic E-state index is 12.0. The number of ether oxygens (including phenoxy) is 1. The first-order valence-electron chi connectivity index (χ1n) is 7.45. The molecule has 0 atom stereocenters. The third-order valence-electron chi connectivity index (χ3n) is 3.53. The predicted octanol–water partition coefficient (Wildman–Crippen LogP) is 2.95. The fraction of sp³-hybridized carbons (Fsp3) is 0.222. The van der Waals surface area contributed by atoms with Gasteiger partial charge in [0, 0.05) is 16.3 Å². The summed E-state index contributed by atoms with van der Waals surface area (Å²) in [6, 6.07) is 12.5. The van der Waals surface area contributed by atoms with Crippen molar-refractivity contribution in [1.29, 1.82) is 0 Å². The Bertz CT molecular complexity index is 747. The first-order chi connectivity index (χ1) is 11.5. The Balaban J connectivity index is 1.87. The highest BCUT2D eigenvalue weighted by Crippen LogP contribution is 2.22. The molecular weight excluding hydrogens is 328 g/mol. The highest BCUT2D eigenvalue weighted by atomic mass is 35.5. The number of benzene rings is 2. The number of rotatable bonds is 6. The van der Waals surface area contributed by atoms with Crippen LogP contribution in [0.2, 0.25) is 5.02 Å². The Morgan fingerprint density at radius 2 is 1.83 bits per heavy atom. The zero-order valence-electron chi connectivity index (χ0n) is 13.6. The standard InChI is InChI=1S/C18H19ClN2O3/c1-12-14(19)7-5-8-15(12)21-18(23)11-20-17(22)10-13-6-3-4-9-16(13)24-2/h3-9H,10-11H2,1-2H3,(H,20,22)(H,21,23). The Morgan fingerprint density at radius 3 is 2.58 bits per heavy atom. The Labute approximate surface area is 146 Å². The molecule has 6 heteroatoms. The Morgan fingerprint density at radius 1 is 1.08 bits per heavy atom. The smallest absolute Gasteiger partial charge is 0.243 e. The second kappa shape index (κ2) is 8.36. The first kappa shape index (κ1) is 17.8. The molecule has 0 saturated carbocycles. The zero-order valence-corrected chi connectivity index (χ0v) is 14.3. The van der Waals surface area contributed by atoms with Crippen LogP contribution in [0.5, 0.6) is 5.75 Å². The number of hydrogen-bond donors (Lipinski definition) is 2. The van der Waals surface area contributed by atoms with Crippen molar-refractivity contribution in [3.05, 3.63) is 58.6 Å². The van der Waals surface area contributed by atoms with E-state index in [2.05, 4.69) is 10.6 Å². The largest absolute Gasteiger partial charge is 0.496 e. The van der Waals surface area contributed by atoms with Crippen LogP contribution in [0.25, 0.3) is 0 Å². The van der Waals surface area contributed by atoms with Gasteiger partial charge in [-0.3, -0.25) is 9.59 Å². The molecule has 0 fully saturated rings. The van der Waals surface area contributed by atoms with Crippen LogP contribution in [0.4, 0.5) is 5.69 Å². The number of amides is 2. The lowest BCUT2D eigenvalue weighted by atomic mass is 10.1. The van der Waals surface area contributed by atoms with Crippen molar-refractivity contribution in [3.63, 3.8) is 0 Å². The van der Waals surface area contributed by atoms with E-state index in [-0.39, 0.29) is 24.8 Å². The van der Waals surface area contributed by atoms with Crippen molar-refractivity contribution in [1.82, 2.24) is 5.32 Å². The van der Waals surface area contributed by atoms with E-state index in [4.69, 9.17) is 16.3 Å². The SMILES string of the molecule is COc1ccccc1CC(=O)NCC(=O)Nc1cccc(Cl)c1C. The van der Waals surface area contributed by atoms with Gasteiger partial charge in [-0.05, 0) is 30.7 Å². The number of carbonyl (C=O) groups excluding carboxylic acids is 2. The van der Waals surface area contributed by atoms with E-state index in [1.807, 2.05) is 25.1 Å². The summed E-state index contributed by atoms with van der Waals surface area (Å²) >= 11 is 6.01. The maximum absolute atomic E-state index is 12.0. The van der Waals surface area contributed by atoms with Crippen LogP contribution in [0, 0.1) is 6.92 Å². The summed E-state index contributed by atoms with van der Waals surface area (Å²) in [5.74, 6) is 0.0814. The molecule has 126 valence electrons. The number of nitrogens with one attached hydrogen (secondary N) is 2. The Hall–Kier alpha value is -2.53. The Kier molecular flexibility index (Phi) is 6.21. The van der Waals surface area contributed by atoms with Crippen molar-refractivity contribution < 1.29 is 14.3 Å². The molecule has 0 unspecified atom stereocenters. The van der Waals surface area contributed by atoms with Crippen LogP contribution in [-0.2, 0) is 16.0 Å². The van der Waals surface area contributed by atoms with Crippen LogP contribution in [0.15, 0.2) is 42.5 Å². The molecule has 2 aromatic rings. The lowest BCUT2D eigenvalue weighted by Crippen LogP contribution is -2.34. The molecule has 0 aromatic heterocycles. The van der Waals surface area contributed by atoms with Crippen molar-refractivity contribution in [2.24, 2.45) is 0 Å². The molecule has 2 rings (SSSR count). The van der Waals surface area contributed by atoms with Gasteiger partial charge < -0.3 is 15.4 Å². The van der Waals surface area contributed by atoms with Gasteiger partial charge in [-0.2, -0.15) is 0 Å². The van der Waals surface area contributed by atoms with Crippen LogP contribution in [-0.4, -0.2) is 25.5 Å². The molecule has 2 amide bonds. The van der Waals surface area contributed by atoms with Crippen molar-refractivity contribution in [3.8, 4) is 5.75 Å². The van der Waals surface area contributed by atoms with Gasteiger partial charge in [-0.15, -0.1) is 0 Å². The molecule has 24 heavy (non-hydrogen) atoms. The molecule has 0 bridgehead atoms. The van der Waals surface area contributed by atoms with Crippen LogP contribution >= 0.6 is 11.6 Å². The zero-order chi connectivity index (χ0) is 17.5. The molecule has 0 spiro atoms. The summed E-state index contributed by atoms with van der Waals surface area (Å²) in [7, 11) is 1.55. The van der Waals surface area contributed by atoms with E-state index < -0.39 is 0 Å². The maximum Gasteiger partial charge on any atom is 0.243 e. The lowest BCUT2D eigenvalue weighted by molar-refractivity contribution is -0.123. The average Bonchev–Trinajstić information content (AvgIpc) is 2.58. The van der Waals surface area contributed by atoms with Gasteiger partial charge in [0.1, 0.15) is 5.75 Å². The second-order valence-electron chi connectivity index (χ2n) is 5.23. The molecular formula is C18H19ClN2O3. The molecule has 0 aliphatic rings. The third kappa shape index (κ3) is 4.73. The minimum Gasteiger partial charge on any atom is -0.496 e. The van der Waals surface area contributed by atoms with Crippen molar-refractivity contribution in [2.45, 2.75) is 13.3 Å². The number of halogens is 1. The quantitative estimate of drug-likeness (QED) is 0.845. The molecule has 0 aliphatic heterocycles. The van der Waals surface area contributed by atoms with Gasteiger partial charge in [0.2, 0.25) is 11.8 Å². The van der Waals surface area contributed by atoms with Gasteiger partial charge in [-0.1, -0.05) is 35.9 Å². The molecule has 0 saturated heterocycles. The second-order valence-corrected chi connectivity index (χ2v) is 5.63. The fourth-order valence-electron chi connectivity index (χ4n) is 2.20. The normalized spacial score (nSPS) is 10.1. The predicted molar refractivity (Wildman–Crippen MR) is 94.5 cm³/mol. The summed E-state index contributed by atoms with van der Waals surface area (Å²) in [6.45, 7) is 1.71. The van der Waals surface area contributed by atoms with Gasteiger partial charge in [0.25, 0.3) is 0 Å². The molecule has 0 heterocycles. The number of anilines is 1. The van der Waals surface area contributed by atoms with Crippen LogP contribution in [0.1, 0.15) is 11.1 Å². The van der Waals surface area contributed by atoms with Gasteiger partial charge >= 0.3 is 0 Å². The molecule has 5 nitrogen and oxygen atoms in total. The summed E-state index contributed by atoms with van der Waals surface area (Å²) < 4.78 is 5.20. The average molecular weight is 347 g/mol. The minimum atomic E-state index is -0.311. The highest BCUT2D eigenvalue weighted by Gasteiger charge is 2.11. The van der Waals surface area contributed by atoms with Gasteiger partial charge in [0.15, 0.2) is 0 Å². The van der Waals surface area contributed by atoms with Gasteiger partial charge in [0.05, 0.1) is 20.1 Å². The molecule has 2 aromatic carbocycles. The topological polar surface area (TPSA) is 67.4 Å². The van der Waals surface area contributed by atoms with Crippen molar-refractivity contribution >= 4 is 29.1 Å². The summed E-state index contributed by atoms with van der Waals surface area (Å²) in [6.07, 6.45) is 0.146.